The van der Waals surface area contributed by atoms with E-state index in [1.165, 1.54) is 11.3 Å². The van der Waals surface area contributed by atoms with Gasteiger partial charge in [0.1, 0.15) is 0 Å². The molecule has 0 amide bonds. The molecule has 0 aliphatic rings. The van der Waals surface area contributed by atoms with E-state index in [0.29, 0.717) is 5.56 Å². The average Bonchev–Trinajstić information content (AvgIpc) is 2.52. The third-order valence-electron chi connectivity index (χ3n) is 1.04. The first kappa shape index (κ1) is 7.83. The highest BCUT2D eigenvalue weighted by atomic mass is 32.1. The van der Waals surface area contributed by atoms with Crippen LogP contribution in [0.25, 0.3) is 0 Å². The second kappa shape index (κ2) is 3.79. The summed E-state index contributed by atoms with van der Waals surface area (Å²) in [5, 5.41) is 3.53. The Morgan fingerprint density at radius 2 is 2.64 bits per heavy atom. The van der Waals surface area contributed by atoms with Crippen LogP contribution in [0.5, 0.6) is 0 Å². The smallest absolute Gasteiger partial charge is 0.339 e. The zero-order valence-corrected chi connectivity index (χ0v) is 6.56. The normalized spacial score (nSPS) is 8.64. The van der Waals surface area contributed by atoms with E-state index >= 15 is 0 Å². The van der Waals surface area contributed by atoms with Gasteiger partial charge >= 0.3 is 5.97 Å². The molecule has 1 rings (SSSR count). The van der Waals surface area contributed by atoms with Crippen LogP contribution >= 0.6 is 11.3 Å². The Kier molecular flexibility index (Phi) is 2.70. The minimum absolute atomic E-state index is 0.0364. The Morgan fingerprint density at radius 1 is 1.82 bits per heavy atom. The van der Waals surface area contributed by atoms with Crippen molar-refractivity contribution >= 4 is 17.3 Å². The lowest BCUT2D eigenvalue weighted by Crippen LogP contribution is -2.03. The number of rotatable bonds is 2. The fourth-order valence-electron chi connectivity index (χ4n) is 0.571. The maximum absolute atomic E-state index is 11.0. The predicted molar refractivity (Wildman–Crippen MR) is 43.4 cm³/mol. The quantitative estimate of drug-likeness (QED) is 0.492. The van der Waals surface area contributed by atoms with Crippen LogP contribution in [0.2, 0.25) is 0 Å². The van der Waals surface area contributed by atoms with E-state index in [0.717, 1.165) is 0 Å². The fourth-order valence-corrected chi connectivity index (χ4v) is 1.20. The Bertz CT molecular complexity index is 269. The molecular formula is C8H6O2S. The van der Waals surface area contributed by atoms with E-state index in [1.54, 1.807) is 11.4 Å². The van der Waals surface area contributed by atoms with Crippen LogP contribution in [0.4, 0.5) is 0 Å². The highest BCUT2D eigenvalue weighted by molar-refractivity contribution is 7.08. The van der Waals surface area contributed by atoms with E-state index in [9.17, 15) is 4.79 Å². The molecule has 0 saturated heterocycles. The molecule has 0 bridgehead atoms. The van der Waals surface area contributed by atoms with Gasteiger partial charge in [-0.25, -0.2) is 4.79 Å². The van der Waals surface area contributed by atoms with Gasteiger partial charge < -0.3 is 4.74 Å². The number of hydrogen-bond acceptors (Lipinski definition) is 3. The number of ether oxygens (including phenoxy) is 1. The van der Waals surface area contributed by atoms with Gasteiger partial charge in [-0.1, -0.05) is 5.92 Å². The van der Waals surface area contributed by atoms with Crippen LogP contribution in [0.3, 0.4) is 0 Å². The molecule has 0 radical (unpaired) electrons. The summed E-state index contributed by atoms with van der Waals surface area (Å²) >= 11 is 1.45. The van der Waals surface area contributed by atoms with Crippen molar-refractivity contribution in [2.45, 2.75) is 0 Å². The van der Waals surface area contributed by atoms with Crippen molar-refractivity contribution in [1.82, 2.24) is 0 Å². The molecule has 0 saturated carbocycles. The zero-order chi connectivity index (χ0) is 8.10. The lowest BCUT2D eigenvalue weighted by molar-refractivity contribution is 0.0557. The lowest BCUT2D eigenvalue weighted by Gasteiger charge is -1.95. The molecule has 1 heterocycles. The molecule has 0 spiro atoms. The monoisotopic (exact) mass is 166 g/mol. The Labute approximate surface area is 68.8 Å². The second-order valence-electron chi connectivity index (χ2n) is 1.79. The van der Waals surface area contributed by atoms with Gasteiger partial charge in [0, 0.05) is 5.38 Å². The highest BCUT2D eigenvalue weighted by Gasteiger charge is 2.04. The van der Waals surface area contributed by atoms with Crippen LogP contribution in [0, 0.1) is 12.3 Å². The van der Waals surface area contributed by atoms with Gasteiger partial charge in [0.25, 0.3) is 0 Å². The maximum Gasteiger partial charge on any atom is 0.339 e. The molecule has 0 aliphatic heterocycles. The van der Waals surface area contributed by atoms with Crippen molar-refractivity contribution in [1.29, 1.82) is 0 Å². The molecule has 2 nitrogen and oxygen atoms in total. The van der Waals surface area contributed by atoms with E-state index in [4.69, 9.17) is 6.42 Å². The predicted octanol–water partition coefficient (Wildman–Crippen LogP) is 1.54. The van der Waals surface area contributed by atoms with Crippen molar-refractivity contribution < 1.29 is 9.53 Å². The summed E-state index contributed by atoms with van der Waals surface area (Å²) in [6.07, 6.45) is 4.91. The minimum atomic E-state index is -0.357. The van der Waals surface area contributed by atoms with E-state index in [-0.39, 0.29) is 12.6 Å². The number of esters is 1. The fraction of sp³-hybridized carbons (Fsp3) is 0.125. The van der Waals surface area contributed by atoms with Gasteiger partial charge in [-0.15, -0.1) is 6.42 Å². The van der Waals surface area contributed by atoms with Gasteiger partial charge in [-0.3, -0.25) is 0 Å². The van der Waals surface area contributed by atoms with Crippen molar-refractivity contribution in [2.75, 3.05) is 6.61 Å². The molecule has 3 heteroatoms. The SMILES string of the molecule is C#CCOC(=O)c1ccsc1. The Balaban J connectivity index is 2.51. The number of thiophene rings is 1. The van der Waals surface area contributed by atoms with Gasteiger partial charge in [0.05, 0.1) is 5.56 Å². The summed E-state index contributed by atoms with van der Waals surface area (Å²) in [6.45, 7) is 0.0364. The Hall–Kier alpha value is -1.27. The van der Waals surface area contributed by atoms with Crippen LogP contribution in [-0.4, -0.2) is 12.6 Å². The molecular weight excluding hydrogens is 160 g/mol. The third-order valence-corrected chi connectivity index (χ3v) is 1.73. The summed E-state index contributed by atoms with van der Waals surface area (Å²) in [5.41, 5.74) is 0.560. The second-order valence-corrected chi connectivity index (χ2v) is 2.57. The average molecular weight is 166 g/mol. The molecule has 0 aliphatic carbocycles. The number of carbonyl (C=O) groups excluding carboxylic acids is 1. The highest BCUT2D eigenvalue weighted by Crippen LogP contribution is 2.06. The zero-order valence-electron chi connectivity index (χ0n) is 5.74. The third kappa shape index (κ3) is 2.10. The first-order valence-electron chi connectivity index (χ1n) is 2.97. The summed E-state index contributed by atoms with van der Waals surface area (Å²) in [4.78, 5) is 11.0. The van der Waals surface area contributed by atoms with Crippen molar-refractivity contribution in [3.05, 3.63) is 22.4 Å². The first-order chi connectivity index (χ1) is 5.34. The summed E-state index contributed by atoms with van der Waals surface area (Å²) in [7, 11) is 0. The van der Waals surface area contributed by atoms with Crippen molar-refractivity contribution in [3.8, 4) is 12.3 Å². The molecule has 0 aromatic carbocycles. The van der Waals surface area contributed by atoms with Crippen LogP contribution in [0.15, 0.2) is 16.8 Å². The van der Waals surface area contributed by atoms with Crippen molar-refractivity contribution in [3.63, 3.8) is 0 Å². The molecule has 0 unspecified atom stereocenters. The van der Waals surface area contributed by atoms with E-state index in [2.05, 4.69) is 10.7 Å². The van der Waals surface area contributed by atoms with E-state index < -0.39 is 0 Å². The first-order valence-corrected chi connectivity index (χ1v) is 3.91. The maximum atomic E-state index is 11.0. The summed E-state index contributed by atoms with van der Waals surface area (Å²) in [6, 6.07) is 1.70. The number of terminal acetylenes is 1. The molecule has 56 valence electrons. The summed E-state index contributed by atoms with van der Waals surface area (Å²) < 4.78 is 4.67. The van der Waals surface area contributed by atoms with Gasteiger partial charge in [0.15, 0.2) is 6.61 Å². The van der Waals surface area contributed by atoms with E-state index in [1.807, 2.05) is 5.38 Å². The van der Waals surface area contributed by atoms with Gasteiger partial charge in [-0.2, -0.15) is 11.3 Å². The molecule has 0 fully saturated rings. The molecule has 1 aromatic rings. The number of carbonyl (C=O) groups is 1. The summed E-state index contributed by atoms with van der Waals surface area (Å²) in [5.74, 6) is 1.86. The van der Waals surface area contributed by atoms with Crippen LogP contribution in [-0.2, 0) is 4.74 Å². The Morgan fingerprint density at radius 3 is 3.18 bits per heavy atom. The van der Waals surface area contributed by atoms with Crippen molar-refractivity contribution in [2.24, 2.45) is 0 Å². The number of hydrogen-bond donors (Lipinski definition) is 0. The van der Waals surface area contributed by atoms with Crippen LogP contribution < -0.4 is 0 Å². The van der Waals surface area contributed by atoms with Crippen LogP contribution in [0.1, 0.15) is 10.4 Å². The van der Waals surface area contributed by atoms with Gasteiger partial charge in [-0.05, 0) is 11.4 Å². The molecule has 0 atom stereocenters. The lowest BCUT2D eigenvalue weighted by atomic mass is 10.3. The topological polar surface area (TPSA) is 26.3 Å². The molecule has 1 aromatic heterocycles. The largest absolute Gasteiger partial charge is 0.449 e. The minimum Gasteiger partial charge on any atom is -0.449 e. The molecule has 11 heavy (non-hydrogen) atoms. The van der Waals surface area contributed by atoms with Gasteiger partial charge in [0.2, 0.25) is 0 Å². The standard InChI is InChI=1S/C8H6O2S/c1-2-4-10-8(9)7-3-5-11-6-7/h1,3,5-6H,4H2. The molecule has 0 N–H and O–H groups in total.